The van der Waals surface area contributed by atoms with Crippen LogP contribution >= 0.6 is 11.3 Å². The maximum Gasteiger partial charge on any atom is 0.332 e. The number of aliphatic carboxylic acids is 1. The summed E-state index contributed by atoms with van der Waals surface area (Å²) >= 11 is 1.68. The summed E-state index contributed by atoms with van der Waals surface area (Å²) in [6.07, 6.45) is 4.07. The third-order valence-electron chi connectivity index (χ3n) is 3.02. The van der Waals surface area contributed by atoms with Gasteiger partial charge in [-0.3, -0.25) is 4.90 Å². The number of thiazole rings is 1. The van der Waals surface area contributed by atoms with Gasteiger partial charge in [-0.2, -0.15) is 0 Å². The maximum atomic E-state index is 10.7. The fraction of sp³-hybridized carbons (Fsp3) is 0.500. The number of piperidine rings is 1. The highest BCUT2D eigenvalue weighted by Gasteiger charge is 2.24. The molecule has 1 aromatic rings. The predicted molar refractivity (Wildman–Crippen MR) is 67.3 cm³/mol. The molecule has 1 aromatic heterocycles. The number of hydrogen-bond acceptors (Lipinski definition) is 4. The minimum Gasteiger partial charge on any atom is -0.478 e. The fourth-order valence-corrected chi connectivity index (χ4v) is 2.94. The molecule has 2 heterocycles. The lowest BCUT2D eigenvalue weighted by Gasteiger charge is -2.31. The first-order valence-corrected chi connectivity index (χ1v) is 6.57. The van der Waals surface area contributed by atoms with Gasteiger partial charge >= 0.3 is 5.97 Å². The summed E-state index contributed by atoms with van der Waals surface area (Å²) in [5, 5.41) is 12.0. The Morgan fingerprint density at radius 3 is 3.18 bits per heavy atom. The van der Waals surface area contributed by atoms with Crippen LogP contribution in [0, 0.1) is 0 Å². The fourth-order valence-electron chi connectivity index (χ4n) is 2.17. The van der Waals surface area contributed by atoms with Crippen LogP contribution in [-0.2, 0) is 4.79 Å². The van der Waals surface area contributed by atoms with Crippen molar-refractivity contribution in [3.63, 3.8) is 0 Å². The zero-order valence-electron chi connectivity index (χ0n) is 9.63. The molecule has 0 aromatic carbocycles. The van der Waals surface area contributed by atoms with E-state index >= 15 is 0 Å². The highest BCUT2D eigenvalue weighted by atomic mass is 32.1. The van der Waals surface area contributed by atoms with Gasteiger partial charge in [0, 0.05) is 36.2 Å². The average molecular weight is 252 g/mol. The molecular weight excluding hydrogens is 236 g/mol. The molecule has 5 heteroatoms. The van der Waals surface area contributed by atoms with Gasteiger partial charge in [-0.25, -0.2) is 9.78 Å². The van der Waals surface area contributed by atoms with Gasteiger partial charge in [0.25, 0.3) is 0 Å². The van der Waals surface area contributed by atoms with Gasteiger partial charge < -0.3 is 5.11 Å². The zero-order chi connectivity index (χ0) is 12.3. The second-order valence-corrected chi connectivity index (χ2v) is 5.28. The highest BCUT2D eigenvalue weighted by molar-refractivity contribution is 7.09. The van der Waals surface area contributed by atoms with Crippen molar-refractivity contribution in [1.29, 1.82) is 0 Å². The molecule has 1 aliphatic heterocycles. The van der Waals surface area contributed by atoms with Crippen LogP contribution < -0.4 is 0 Å². The average Bonchev–Trinajstić information content (AvgIpc) is 2.82. The molecule has 0 radical (unpaired) electrons. The van der Waals surface area contributed by atoms with Crippen molar-refractivity contribution in [1.82, 2.24) is 9.88 Å². The van der Waals surface area contributed by atoms with Crippen molar-refractivity contribution in [3.8, 4) is 0 Å². The van der Waals surface area contributed by atoms with E-state index in [1.807, 2.05) is 11.6 Å². The molecule has 0 aliphatic carbocycles. The van der Waals surface area contributed by atoms with Gasteiger partial charge in [0.2, 0.25) is 0 Å². The molecule has 0 bridgehead atoms. The first-order chi connectivity index (χ1) is 8.16. The number of hydrogen-bond donors (Lipinski definition) is 1. The molecular formula is C12H16N2O2S. The van der Waals surface area contributed by atoms with Crippen molar-refractivity contribution in [2.75, 3.05) is 19.6 Å². The number of aromatic nitrogens is 1. The topological polar surface area (TPSA) is 53.4 Å². The Bertz CT molecular complexity index is 403. The molecule has 1 unspecified atom stereocenters. The predicted octanol–water partition coefficient (Wildman–Crippen LogP) is 1.96. The van der Waals surface area contributed by atoms with E-state index in [4.69, 9.17) is 5.11 Å². The van der Waals surface area contributed by atoms with Gasteiger partial charge in [-0.05, 0) is 19.4 Å². The molecule has 2 rings (SSSR count). The molecule has 1 atom stereocenters. The van der Waals surface area contributed by atoms with Crippen molar-refractivity contribution in [3.05, 3.63) is 28.7 Å². The Morgan fingerprint density at radius 2 is 2.53 bits per heavy atom. The van der Waals surface area contributed by atoms with Gasteiger partial charge in [0.15, 0.2) is 0 Å². The van der Waals surface area contributed by atoms with Gasteiger partial charge in [-0.15, -0.1) is 11.3 Å². The standard InChI is InChI=1S/C12H16N2O2S/c1-9(12(15)16)7-14-5-2-3-10(8-14)11-13-4-6-17-11/h4,6,10H,1-3,5,7-8H2,(H,15,16). The Morgan fingerprint density at radius 1 is 1.71 bits per heavy atom. The molecule has 0 saturated carbocycles. The summed E-state index contributed by atoms with van der Waals surface area (Å²) in [5.41, 5.74) is 0.268. The van der Waals surface area contributed by atoms with E-state index in [1.165, 1.54) is 0 Å². The van der Waals surface area contributed by atoms with Crippen LogP contribution in [-0.4, -0.2) is 40.6 Å². The van der Waals surface area contributed by atoms with E-state index in [0.717, 1.165) is 30.9 Å². The monoisotopic (exact) mass is 252 g/mol. The van der Waals surface area contributed by atoms with Gasteiger partial charge in [0.1, 0.15) is 0 Å². The Balaban J connectivity index is 1.93. The zero-order valence-corrected chi connectivity index (χ0v) is 10.4. The SMILES string of the molecule is C=C(CN1CCCC(c2nccs2)C1)C(=O)O. The van der Waals surface area contributed by atoms with Crippen LogP contribution in [0.2, 0.25) is 0 Å². The normalized spacial score (nSPS) is 21.3. The van der Waals surface area contributed by atoms with Crippen LogP contribution in [0.3, 0.4) is 0 Å². The summed E-state index contributed by atoms with van der Waals surface area (Å²) in [6.45, 7) is 5.88. The quantitative estimate of drug-likeness (QED) is 0.832. The molecule has 1 aliphatic rings. The first kappa shape index (κ1) is 12.3. The lowest BCUT2D eigenvalue weighted by Crippen LogP contribution is -2.36. The number of carbonyl (C=O) groups is 1. The molecule has 1 N–H and O–H groups in total. The second kappa shape index (κ2) is 5.42. The molecule has 0 spiro atoms. The van der Waals surface area contributed by atoms with Gasteiger partial charge in [-0.1, -0.05) is 6.58 Å². The molecule has 1 saturated heterocycles. The Hall–Kier alpha value is -1.20. The minimum atomic E-state index is -0.902. The third kappa shape index (κ3) is 3.14. The largest absolute Gasteiger partial charge is 0.478 e. The summed E-state index contributed by atoms with van der Waals surface area (Å²) in [7, 11) is 0. The van der Waals surface area contributed by atoms with Crippen molar-refractivity contribution >= 4 is 17.3 Å². The van der Waals surface area contributed by atoms with Crippen LogP contribution in [0.15, 0.2) is 23.7 Å². The number of rotatable bonds is 4. The van der Waals surface area contributed by atoms with E-state index in [9.17, 15) is 4.79 Å². The molecule has 1 fully saturated rings. The lowest BCUT2D eigenvalue weighted by molar-refractivity contribution is -0.132. The van der Waals surface area contributed by atoms with Crippen molar-refractivity contribution < 1.29 is 9.90 Å². The van der Waals surface area contributed by atoms with Crippen LogP contribution in [0.5, 0.6) is 0 Å². The minimum absolute atomic E-state index is 0.268. The Labute approximate surface area is 105 Å². The van der Waals surface area contributed by atoms with Crippen LogP contribution in [0.25, 0.3) is 0 Å². The molecule has 4 nitrogen and oxygen atoms in total. The number of carboxylic acid groups (broad SMARTS) is 1. The first-order valence-electron chi connectivity index (χ1n) is 5.69. The van der Waals surface area contributed by atoms with E-state index in [-0.39, 0.29) is 5.57 Å². The third-order valence-corrected chi connectivity index (χ3v) is 3.96. The van der Waals surface area contributed by atoms with Gasteiger partial charge in [0.05, 0.1) is 5.01 Å². The van der Waals surface area contributed by atoms with Crippen LogP contribution in [0.1, 0.15) is 23.8 Å². The molecule has 92 valence electrons. The summed E-state index contributed by atoms with van der Waals surface area (Å²) in [6, 6.07) is 0. The number of carboxylic acids is 1. The maximum absolute atomic E-state index is 10.7. The summed E-state index contributed by atoms with van der Waals surface area (Å²) in [5.74, 6) is -0.452. The van der Waals surface area contributed by atoms with E-state index in [2.05, 4.69) is 16.5 Å². The lowest BCUT2D eigenvalue weighted by atomic mass is 9.98. The van der Waals surface area contributed by atoms with Crippen LogP contribution in [0.4, 0.5) is 0 Å². The highest BCUT2D eigenvalue weighted by Crippen LogP contribution is 2.28. The summed E-state index contributed by atoms with van der Waals surface area (Å²) < 4.78 is 0. The second-order valence-electron chi connectivity index (χ2n) is 4.35. The van der Waals surface area contributed by atoms with E-state index in [0.29, 0.717) is 12.5 Å². The summed E-state index contributed by atoms with van der Waals surface area (Å²) in [4.78, 5) is 17.2. The van der Waals surface area contributed by atoms with E-state index in [1.54, 1.807) is 11.3 Å². The number of likely N-dealkylation sites (tertiary alicyclic amines) is 1. The van der Waals surface area contributed by atoms with Crippen molar-refractivity contribution in [2.45, 2.75) is 18.8 Å². The van der Waals surface area contributed by atoms with Crippen molar-refractivity contribution in [2.24, 2.45) is 0 Å². The smallest absolute Gasteiger partial charge is 0.332 e. The molecule has 0 amide bonds. The Kier molecular flexibility index (Phi) is 3.91. The number of nitrogens with zero attached hydrogens (tertiary/aromatic N) is 2. The van der Waals surface area contributed by atoms with E-state index < -0.39 is 5.97 Å². The molecule has 17 heavy (non-hydrogen) atoms.